The molecule has 0 aliphatic carbocycles. The van der Waals surface area contributed by atoms with Crippen molar-refractivity contribution in [3.8, 4) is 0 Å². The molecule has 2 nitrogen and oxygen atoms in total. The maximum absolute atomic E-state index is 5.15. The molecule has 0 aromatic heterocycles. The summed E-state index contributed by atoms with van der Waals surface area (Å²) in [6.45, 7) is 0.571. The van der Waals surface area contributed by atoms with Crippen LogP contribution in [0.3, 0.4) is 0 Å². The van der Waals surface area contributed by atoms with Gasteiger partial charge in [0.25, 0.3) is 0 Å². The molecule has 0 radical (unpaired) electrons. The van der Waals surface area contributed by atoms with Crippen molar-refractivity contribution in [2.45, 2.75) is 4.43 Å². The van der Waals surface area contributed by atoms with Crippen LogP contribution < -0.4 is 11.5 Å². The molecule has 0 aliphatic heterocycles. The number of hydrogen-bond donors (Lipinski definition) is 2. The van der Waals surface area contributed by atoms with E-state index in [2.05, 4.69) is 0 Å². The zero-order valence-corrected chi connectivity index (χ0v) is 5.03. The fraction of sp³-hybridized carbons (Fsp3) is 1.00. The van der Waals surface area contributed by atoms with Gasteiger partial charge in [0.2, 0.25) is 0 Å². The Hall–Kier alpha value is 0.608. The first-order valence-corrected chi connectivity index (χ1v) is 2.64. The number of nitrogens with two attached hydrogens (primary N) is 2. The van der Waals surface area contributed by atoms with Crippen LogP contribution >= 0.6 is 0 Å². The molecular weight excluding hydrogens is 247 g/mol. The monoisotopic (exact) mass is 254 g/mol. The molecule has 0 spiro atoms. The fourth-order valence-corrected chi connectivity index (χ4v) is 0. The van der Waals surface area contributed by atoms with E-state index < -0.39 is 0 Å². The third kappa shape index (κ3) is 4.61. The Morgan fingerprint density at radius 2 is 2.00 bits per heavy atom. The van der Waals surface area contributed by atoms with Gasteiger partial charge in [0.05, 0.1) is 0 Å². The Labute approximate surface area is 42.8 Å². The van der Waals surface area contributed by atoms with Gasteiger partial charge in [-0.3, -0.25) is 0 Å². The minimum absolute atomic E-state index is 0.134. The van der Waals surface area contributed by atoms with Crippen molar-refractivity contribution in [1.29, 1.82) is 0 Å². The van der Waals surface area contributed by atoms with Gasteiger partial charge in [-0.25, -0.2) is 0 Å². The summed E-state index contributed by atoms with van der Waals surface area (Å²) in [7, 11) is 0. The first-order valence-electron chi connectivity index (χ1n) is 1.33. The Balaban J connectivity index is 2.54. The summed E-state index contributed by atoms with van der Waals surface area (Å²) in [5.41, 5.74) is 10.2. The third-order valence-corrected chi connectivity index (χ3v) is 0.746. The molecule has 35 valence electrons. The van der Waals surface area contributed by atoms with Gasteiger partial charge in [0, 0.05) is 0 Å². The standard InChI is InChI=1S/C2H7N2.Pt/c3-1-2-4;/h1H,2-4H2;. The van der Waals surface area contributed by atoms with Gasteiger partial charge in [-0.05, 0) is 0 Å². The van der Waals surface area contributed by atoms with Gasteiger partial charge in [-0.15, -0.1) is 0 Å². The van der Waals surface area contributed by atoms with Crippen molar-refractivity contribution in [1.82, 2.24) is 0 Å². The Morgan fingerprint density at radius 1 is 1.80 bits per heavy atom. The second-order valence-electron chi connectivity index (χ2n) is 0.706. The summed E-state index contributed by atoms with van der Waals surface area (Å²) < 4.78 is 0.134. The van der Waals surface area contributed by atoms with Crippen LogP contribution in [-0.4, -0.2) is 11.0 Å². The third-order valence-electron chi connectivity index (χ3n) is 0.211. The summed E-state index contributed by atoms with van der Waals surface area (Å²) in [6, 6.07) is 0. The molecular formula is C2H7N2Pt. The molecule has 0 aromatic rings. The average molecular weight is 254 g/mol. The second-order valence-corrected chi connectivity index (χ2v) is 2.39. The molecule has 0 heterocycles. The minimum atomic E-state index is 0.134. The van der Waals surface area contributed by atoms with E-state index in [1.54, 1.807) is 0 Å². The first kappa shape index (κ1) is 5.61. The van der Waals surface area contributed by atoms with Gasteiger partial charge < -0.3 is 0 Å². The summed E-state index contributed by atoms with van der Waals surface area (Å²) in [6.07, 6.45) is 0. The van der Waals surface area contributed by atoms with Crippen LogP contribution in [0.4, 0.5) is 0 Å². The van der Waals surface area contributed by atoms with E-state index in [4.69, 9.17) is 11.5 Å². The van der Waals surface area contributed by atoms with Gasteiger partial charge in [0.15, 0.2) is 0 Å². The SMILES string of the molecule is NC[CH](N)[Pt]. The molecule has 0 saturated heterocycles. The average Bonchev–Trinajstić information content (AvgIpc) is 1.38. The van der Waals surface area contributed by atoms with Crippen molar-refractivity contribution in [2.75, 3.05) is 6.54 Å². The fourth-order valence-electron chi connectivity index (χ4n) is 0. The van der Waals surface area contributed by atoms with Crippen molar-refractivity contribution in [3.63, 3.8) is 0 Å². The molecule has 0 fully saturated rings. The van der Waals surface area contributed by atoms with Crippen LogP contribution in [0.25, 0.3) is 0 Å². The Morgan fingerprint density at radius 3 is 2.00 bits per heavy atom. The van der Waals surface area contributed by atoms with E-state index in [1.165, 1.54) is 0 Å². The van der Waals surface area contributed by atoms with E-state index >= 15 is 0 Å². The Kier molecular flexibility index (Phi) is 3.17. The van der Waals surface area contributed by atoms with Crippen LogP contribution in [0, 0.1) is 0 Å². The second kappa shape index (κ2) is 2.83. The summed E-state index contributed by atoms with van der Waals surface area (Å²) in [4.78, 5) is 0. The predicted molar refractivity (Wildman–Crippen MR) is 17.0 cm³/mol. The van der Waals surface area contributed by atoms with Gasteiger partial charge in [-0.2, -0.15) is 0 Å². The summed E-state index contributed by atoms with van der Waals surface area (Å²) in [5, 5.41) is 0. The van der Waals surface area contributed by atoms with Crippen molar-refractivity contribution >= 4 is 0 Å². The number of hydrogen-bond acceptors (Lipinski definition) is 2. The summed E-state index contributed by atoms with van der Waals surface area (Å²) in [5.74, 6) is 0. The molecule has 0 rings (SSSR count). The molecule has 3 heteroatoms. The first-order chi connectivity index (χ1) is 2.27. The van der Waals surface area contributed by atoms with Gasteiger partial charge >= 0.3 is 42.3 Å². The molecule has 1 unspecified atom stereocenters. The molecule has 1 atom stereocenters. The van der Waals surface area contributed by atoms with Crippen molar-refractivity contribution in [2.24, 2.45) is 11.5 Å². The molecule has 0 saturated carbocycles. The van der Waals surface area contributed by atoms with E-state index in [0.717, 1.165) is 0 Å². The van der Waals surface area contributed by atoms with Gasteiger partial charge in [-0.1, -0.05) is 0 Å². The molecule has 0 aliphatic rings. The van der Waals surface area contributed by atoms with E-state index in [1.807, 2.05) is 19.8 Å². The molecule has 0 bridgehead atoms. The van der Waals surface area contributed by atoms with Crippen LogP contribution in [0.5, 0.6) is 0 Å². The zero-order chi connectivity index (χ0) is 4.28. The van der Waals surface area contributed by atoms with Crippen LogP contribution in [0.2, 0.25) is 0 Å². The normalized spacial score (nSPS) is 15.2. The number of rotatable bonds is 1. The van der Waals surface area contributed by atoms with Crippen molar-refractivity contribution < 1.29 is 19.8 Å². The van der Waals surface area contributed by atoms with E-state index in [-0.39, 0.29) is 4.43 Å². The predicted octanol–water partition coefficient (Wildman–Crippen LogP) is -1.22. The van der Waals surface area contributed by atoms with Crippen LogP contribution in [-0.2, 0) is 19.8 Å². The van der Waals surface area contributed by atoms with Crippen LogP contribution in [0.15, 0.2) is 0 Å². The summed E-state index contributed by atoms with van der Waals surface area (Å²) >= 11 is 2.05. The molecule has 5 heavy (non-hydrogen) atoms. The molecule has 4 N–H and O–H groups in total. The Bertz CT molecular complexity index is 21.6. The van der Waals surface area contributed by atoms with E-state index in [0.29, 0.717) is 6.54 Å². The van der Waals surface area contributed by atoms with Crippen LogP contribution in [0.1, 0.15) is 0 Å². The quantitative estimate of drug-likeness (QED) is 0.616. The molecule has 0 aromatic carbocycles. The van der Waals surface area contributed by atoms with Crippen molar-refractivity contribution in [3.05, 3.63) is 0 Å². The van der Waals surface area contributed by atoms with E-state index in [9.17, 15) is 0 Å². The maximum atomic E-state index is 5.15. The zero-order valence-electron chi connectivity index (χ0n) is 2.76. The topological polar surface area (TPSA) is 52.0 Å². The van der Waals surface area contributed by atoms with Gasteiger partial charge in [0.1, 0.15) is 0 Å². The molecule has 0 amide bonds.